The number of fused-ring (bicyclic) bond motifs is 6. The quantitative estimate of drug-likeness (QED) is 0.120. The Morgan fingerprint density at radius 3 is 0.698 bits per heavy atom. The van der Waals surface area contributed by atoms with E-state index in [1.54, 1.807) is 0 Å². The van der Waals surface area contributed by atoms with Gasteiger partial charge in [0, 0.05) is 0 Å². The zero-order chi connectivity index (χ0) is 71.4. The van der Waals surface area contributed by atoms with Crippen molar-refractivity contribution in [1.29, 1.82) is 0 Å². The van der Waals surface area contributed by atoms with Crippen LogP contribution in [0.2, 0.25) is 0 Å². The number of hydrogen-bond acceptors (Lipinski definition) is 0. The van der Waals surface area contributed by atoms with Gasteiger partial charge >= 0.3 is 198 Å². The van der Waals surface area contributed by atoms with Crippen LogP contribution in [0.15, 0.2) is 400 Å². The minimum absolute atomic E-state index is 0. The molecule has 2 aliphatic rings. The second-order valence-electron chi connectivity index (χ2n) is 26.3. The van der Waals surface area contributed by atoms with Crippen molar-refractivity contribution in [3.05, 3.63) is 490 Å². The second-order valence-corrected chi connectivity index (χ2v) is 28.8. The number of benzene rings is 14. The Labute approximate surface area is 668 Å². The molecule has 0 amide bonds. The SMILES string of the molecule is Cc1ccc2c(c1)[cH-]c1cc(C)ccc12.Cc1ccc2c(c1)[cH-]c1cc(C)ccc12.[C-]1=C(c2ccccc2)C(c2ccccc2)=CC1c1ccccc1.[C-]1=C(c2ccccc2)C(c2ccccc2)=CC1c1ccccc1.[Cl-].[Cl-].[Zr+2]=[C](c1ccccc1)c1ccccc1.[Zr+2]=[C](c1ccccc1)c1ccccc1. The maximum absolute atomic E-state index is 3.70. The fourth-order valence-electron chi connectivity index (χ4n) is 13.4. The summed E-state index contributed by atoms with van der Waals surface area (Å²) in [7, 11) is 0. The van der Waals surface area contributed by atoms with Crippen molar-refractivity contribution in [2.75, 3.05) is 0 Å². The van der Waals surface area contributed by atoms with Crippen molar-refractivity contribution in [2.24, 2.45) is 0 Å². The van der Waals surface area contributed by atoms with Crippen LogP contribution in [0.1, 0.15) is 89.7 Å². The summed E-state index contributed by atoms with van der Waals surface area (Å²) in [6, 6.07) is 137. The molecular weight excluding hydrogens is 1480 g/mol. The zero-order valence-electron chi connectivity index (χ0n) is 60.0. The molecule has 0 radical (unpaired) electrons. The Bertz CT molecular complexity index is 4970. The van der Waals surface area contributed by atoms with Crippen LogP contribution in [-0.2, 0) is 48.5 Å². The predicted molar refractivity (Wildman–Crippen MR) is 439 cm³/mol. The molecule has 2 atom stereocenters. The first-order valence-corrected chi connectivity index (χ1v) is 38.1. The van der Waals surface area contributed by atoms with Gasteiger partial charge in [0.2, 0.25) is 0 Å². The molecule has 0 bridgehead atoms. The van der Waals surface area contributed by atoms with Gasteiger partial charge in [-0.25, -0.2) is 0 Å². The summed E-state index contributed by atoms with van der Waals surface area (Å²) >= 11 is 2.92. The van der Waals surface area contributed by atoms with Gasteiger partial charge in [-0.3, -0.25) is 0 Å². The Balaban J connectivity index is 0.000000128. The van der Waals surface area contributed by atoms with Gasteiger partial charge in [0.15, 0.2) is 0 Å². The monoisotopic (exact) mass is 1550 g/mol. The molecule has 0 aliphatic heterocycles. The van der Waals surface area contributed by atoms with E-state index in [1.807, 2.05) is 0 Å². The van der Waals surface area contributed by atoms with Crippen molar-refractivity contribution in [2.45, 2.75) is 39.5 Å². The first-order valence-electron chi connectivity index (χ1n) is 35.6. The van der Waals surface area contributed by atoms with E-state index in [0.717, 1.165) is 0 Å². The maximum atomic E-state index is 3.70. The summed E-state index contributed by atoms with van der Waals surface area (Å²) in [6.07, 6.45) is 12.0. The molecule has 0 saturated carbocycles. The molecule has 4 heteroatoms. The van der Waals surface area contributed by atoms with Gasteiger partial charge in [0.25, 0.3) is 0 Å². The molecular formula is C102H80Cl2Zr2-2. The van der Waals surface area contributed by atoms with Crippen LogP contribution in [0.25, 0.3) is 65.4 Å². The Morgan fingerprint density at radius 1 is 0.255 bits per heavy atom. The van der Waals surface area contributed by atoms with Crippen LogP contribution >= 0.6 is 0 Å². The average Bonchev–Trinajstić information content (AvgIpc) is 1.66. The van der Waals surface area contributed by atoms with Crippen LogP contribution in [0.5, 0.6) is 0 Å². The van der Waals surface area contributed by atoms with E-state index in [-0.39, 0.29) is 36.6 Å². The van der Waals surface area contributed by atoms with Crippen molar-refractivity contribution >= 4 is 71.8 Å². The molecule has 2 unspecified atom stereocenters. The molecule has 16 aromatic carbocycles. The average molecular weight is 1560 g/mol. The summed E-state index contributed by atoms with van der Waals surface area (Å²) in [6.45, 7) is 8.56. The molecule has 2 aliphatic carbocycles. The van der Waals surface area contributed by atoms with Gasteiger partial charge in [-0.1, -0.05) is 251 Å². The van der Waals surface area contributed by atoms with E-state index >= 15 is 0 Å². The van der Waals surface area contributed by atoms with E-state index < -0.39 is 0 Å². The molecule has 0 aromatic heterocycles. The normalized spacial score (nSPS) is 13.1. The third kappa shape index (κ3) is 19.9. The molecule has 106 heavy (non-hydrogen) atoms. The summed E-state index contributed by atoms with van der Waals surface area (Å²) in [5.41, 5.74) is 23.1. The third-order valence-corrected chi connectivity index (χ3v) is 21.5. The van der Waals surface area contributed by atoms with Gasteiger partial charge in [-0.15, -0.1) is 138 Å². The Morgan fingerprint density at radius 2 is 0.462 bits per heavy atom. The molecule has 512 valence electrons. The number of rotatable bonds is 10. The summed E-state index contributed by atoms with van der Waals surface area (Å²) in [4.78, 5) is 0. The van der Waals surface area contributed by atoms with Gasteiger partial charge in [0.1, 0.15) is 0 Å². The first kappa shape index (κ1) is 77.0. The summed E-state index contributed by atoms with van der Waals surface area (Å²) in [5, 5.41) is 10.9. The fourth-order valence-corrected chi connectivity index (χ4v) is 15.0. The van der Waals surface area contributed by atoms with Gasteiger partial charge < -0.3 is 24.8 Å². The van der Waals surface area contributed by atoms with Crippen LogP contribution in [0.3, 0.4) is 0 Å². The van der Waals surface area contributed by atoms with Crippen LogP contribution in [0.4, 0.5) is 0 Å². The van der Waals surface area contributed by atoms with Crippen molar-refractivity contribution in [3.8, 4) is 0 Å². The van der Waals surface area contributed by atoms with E-state index in [4.69, 9.17) is 0 Å². The topological polar surface area (TPSA) is 0 Å². The number of allylic oxidation sites excluding steroid dienone is 8. The minimum atomic E-state index is 0. The van der Waals surface area contributed by atoms with Crippen LogP contribution < -0.4 is 24.8 Å². The standard InChI is InChI=1S/2C23H17.2C15H13.2C13H10.2ClH.2Zr/c2*1-4-10-18(11-5-1)21-16-22(19-12-6-2-7-13-19)23(17-21)20-14-8-3-9-15-20;2*1-10-3-5-14-12(7-10)9-13-8-11(2)4-6-15(13)14;2*1-3-7-12(8-4-1)11-13-9-5-2-6-10-13;;;;/h2*1-16,21H;2*3-9H,1-2H3;2*1-10H;2*1H;;/q4*-1;;;;;2*+2/p-2. The molecule has 16 aromatic rings. The van der Waals surface area contributed by atoms with Crippen molar-refractivity contribution < 1.29 is 73.3 Å². The molecule has 18 rings (SSSR count). The van der Waals surface area contributed by atoms with Gasteiger partial charge in [0.05, 0.1) is 0 Å². The Hall–Kier alpha value is -10.1. The number of halogens is 2. The molecule has 0 N–H and O–H groups in total. The van der Waals surface area contributed by atoms with E-state index in [2.05, 4.69) is 440 Å². The third-order valence-electron chi connectivity index (χ3n) is 18.7. The van der Waals surface area contributed by atoms with Crippen molar-refractivity contribution in [3.63, 3.8) is 0 Å². The fraction of sp³-hybridized carbons (Fsp3) is 0.0588. The summed E-state index contributed by atoms with van der Waals surface area (Å²) < 4.78 is 2.83. The Kier molecular flexibility index (Phi) is 27.8. The molecule has 0 fully saturated rings. The van der Waals surface area contributed by atoms with E-state index in [0.29, 0.717) is 0 Å². The molecule has 0 nitrogen and oxygen atoms in total. The van der Waals surface area contributed by atoms with Gasteiger partial charge in [-0.05, 0) is 39.5 Å². The molecule has 0 saturated heterocycles. The number of hydrogen-bond donors (Lipinski definition) is 0. The van der Waals surface area contributed by atoms with E-state index in [9.17, 15) is 0 Å². The van der Waals surface area contributed by atoms with Crippen molar-refractivity contribution in [1.82, 2.24) is 0 Å². The van der Waals surface area contributed by atoms with Crippen LogP contribution in [0, 0.1) is 39.8 Å². The van der Waals surface area contributed by atoms with Crippen LogP contribution in [-0.4, -0.2) is 6.41 Å². The predicted octanol–water partition coefficient (Wildman–Crippen LogP) is 19.8. The van der Waals surface area contributed by atoms with Gasteiger partial charge in [-0.2, -0.15) is 23.3 Å². The first-order chi connectivity index (χ1) is 51.1. The molecule has 0 heterocycles. The molecule has 0 spiro atoms. The summed E-state index contributed by atoms with van der Waals surface area (Å²) in [5.74, 6) is 0.420. The zero-order valence-corrected chi connectivity index (χ0v) is 66.4. The number of aryl methyl sites for hydroxylation is 4. The van der Waals surface area contributed by atoms with E-state index in [1.165, 1.54) is 198 Å². The second kappa shape index (κ2) is 38.2.